The SMILES string of the molecule is C[C@@H](/C=C/C(=O)c1ccccc1)[C@@H](CC=O)c1ccccc1. The van der Waals surface area contributed by atoms with Gasteiger partial charge in [-0.05, 0) is 23.5 Å². The van der Waals surface area contributed by atoms with Crippen LogP contribution in [0.4, 0.5) is 0 Å². The van der Waals surface area contributed by atoms with Crippen molar-refractivity contribution in [1.29, 1.82) is 0 Å². The topological polar surface area (TPSA) is 34.1 Å². The van der Waals surface area contributed by atoms with Crippen LogP contribution in [-0.4, -0.2) is 12.1 Å². The first-order valence-electron chi connectivity index (χ1n) is 7.48. The third kappa shape index (κ3) is 4.26. The van der Waals surface area contributed by atoms with Gasteiger partial charge < -0.3 is 4.79 Å². The fourth-order valence-corrected chi connectivity index (χ4v) is 2.53. The summed E-state index contributed by atoms with van der Waals surface area (Å²) in [5, 5.41) is 0. The van der Waals surface area contributed by atoms with Crippen molar-refractivity contribution in [2.75, 3.05) is 0 Å². The fraction of sp³-hybridized carbons (Fsp3) is 0.200. The first-order chi connectivity index (χ1) is 10.7. The highest BCUT2D eigenvalue weighted by Gasteiger charge is 2.17. The summed E-state index contributed by atoms with van der Waals surface area (Å²) in [6.45, 7) is 2.04. The van der Waals surface area contributed by atoms with Gasteiger partial charge in [0.05, 0.1) is 0 Å². The van der Waals surface area contributed by atoms with E-state index < -0.39 is 0 Å². The van der Waals surface area contributed by atoms with Crippen molar-refractivity contribution in [3.05, 3.63) is 83.9 Å². The lowest BCUT2D eigenvalue weighted by Crippen LogP contribution is -2.09. The van der Waals surface area contributed by atoms with Crippen molar-refractivity contribution in [2.45, 2.75) is 19.3 Å². The Morgan fingerprint density at radius 1 is 1.00 bits per heavy atom. The minimum absolute atomic E-state index is 0.00892. The molecule has 2 nitrogen and oxygen atoms in total. The molecule has 0 aliphatic rings. The first kappa shape index (κ1) is 15.9. The van der Waals surface area contributed by atoms with Gasteiger partial charge in [-0.15, -0.1) is 0 Å². The summed E-state index contributed by atoms with van der Waals surface area (Å²) in [7, 11) is 0. The van der Waals surface area contributed by atoms with Crippen LogP contribution in [0.3, 0.4) is 0 Å². The molecule has 0 saturated heterocycles. The van der Waals surface area contributed by atoms with E-state index in [0.29, 0.717) is 12.0 Å². The van der Waals surface area contributed by atoms with E-state index in [1.54, 1.807) is 18.2 Å². The smallest absolute Gasteiger partial charge is 0.185 e. The lowest BCUT2D eigenvalue weighted by molar-refractivity contribution is -0.108. The Hall–Kier alpha value is -2.48. The summed E-state index contributed by atoms with van der Waals surface area (Å²) in [5.41, 5.74) is 1.80. The number of hydrogen-bond acceptors (Lipinski definition) is 2. The van der Waals surface area contributed by atoms with Crippen molar-refractivity contribution < 1.29 is 9.59 Å². The zero-order valence-electron chi connectivity index (χ0n) is 12.7. The van der Waals surface area contributed by atoms with Crippen LogP contribution in [0.25, 0.3) is 0 Å². The van der Waals surface area contributed by atoms with Crippen molar-refractivity contribution in [3.8, 4) is 0 Å². The quantitative estimate of drug-likeness (QED) is 0.429. The van der Waals surface area contributed by atoms with Gasteiger partial charge in [-0.1, -0.05) is 73.7 Å². The molecule has 0 amide bonds. The molecule has 2 aromatic rings. The maximum atomic E-state index is 12.1. The molecule has 0 N–H and O–H groups in total. The summed E-state index contributed by atoms with van der Waals surface area (Å²) < 4.78 is 0. The van der Waals surface area contributed by atoms with E-state index in [1.807, 2.05) is 61.5 Å². The third-order valence-electron chi connectivity index (χ3n) is 3.82. The summed E-state index contributed by atoms with van der Waals surface area (Å²) in [5.74, 6) is 0.198. The second-order valence-electron chi connectivity index (χ2n) is 5.37. The molecular formula is C20H20O2. The largest absolute Gasteiger partial charge is 0.303 e. The van der Waals surface area contributed by atoms with E-state index in [1.165, 1.54) is 0 Å². The number of carbonyl (C=O) groups is 2. The average Bonchev–Trinajstić information content (AvgIpc) is 2.58. The predicted octanol–water partition coefficient (Wildman–Crippen LogP) is 4.43. The Labute approximate surface area is 131 Å². The molecule has 2 heteroatoms. The third-order valence-corrected chi connectivity index (χ3v) is 3.82. The molecule has 22 heavy (non-hydrogen) atoms. The highest BCUT2D eigenvalue weighted by molar-refractivity contribution is 6.04. The van der Waals surface area contributed by atoms with Crippen LogP contribution in [0.15, 0.2) is 72.8 Å². The van der Waals surface area contributed by atoms with Gasteiger partial charge in [0, 0.05) is 12.0 Å². The van der Waals surface area contributed by atoms with Crippen LogP contribution in [-0.2, 0) is 4.79 Å². The maximum Gasteiger partial charge on any atom is 0.185 e. The van der Waals surface area contributed by atoms with E-state index in [0.717, 1.165) is 11.8 Å². The molecule has 0 heterocycles. The van der Waals surface area contributed by atoms with Crippen LogP contribution in [0.5, 0.6) is 0 Å². The molecule has 0 aliphatic heterocycles. The zero-order chi connectivity index (χ0) is 15.8. The van der Waals surface area contributed by atoms with Crippen LogP contribution < -0.4 is 0 Å². The van der Waals surface area contributed by atoms with E-state index in [9.17, 15) is 9.59 Å². The summed E-state index contributed by atoms with van der Waals surface area (Å²) >= 11 is 0. The summed E-state index contributed by atoms with van der Waals surface area (Å²) in [6.07, 6.45) is 4.91. The van der Waals surface area contributed by atoms with Crippen molar-refractivity contribution >= 4 is 12.1 Å². The van der Waals surface area contributed by atoms with E-state index >= 15 is 0 Å². The summed E-state index contributed by atoms with van der Waals surface area (Å²) in [4.78, 5) is 23.1. The number of hydrogen-bond donors (Lipinski definition) is 0. The number of allylic oxidation sites excluding steroid dienone is 2. The minimum atomic E-state index is -0.00892. The van der Waals surface area contributed by atoms with Crippen LogP contribution in [0.2, 0.25) is 0 Å². The van der Waals surface area contributed by atoms with Crippen molar-refractivity contribution in [2.24, 2.45) is 5.92 Å². The van der Waals surface area contributed by atoms with Crippen molar-refractivity contribution in [1.82, 2.24) is 0 Å². The number of rotatable bonds is 7. The van der Waals surface area contributed by atoms with Gasteiger partial charge in [0.2, 0.25) is 0 Å². The Morgan fingerprint density at radius 2 is 1.59 bits per heavy atom. The monoisotopic (exact) mass is 292 g/mol. The molecule has 0 unspecified atom stereocenters. The number of carbonyl (C=O) groups excluding carboxylic acids is 2. The predicted molar refractivity (Wildman–Crippen MR) is 88.9 cm³/mol. The molecule has 0 bridgehead atoms. The fourth-order valence-electron chi connectivity index (χ4n) is 2.53. The molecule has 112 valence electrons. The Kier molecular flexibility index (Phi) is 5.84. The second-order valence-corrected chi connectivity index (χ2v) is 5.37. The van der Waals surface area contributed by atoms with Gasteiger partial charge in [0.1, 0.15) is 6.29 Å². The molecule has 0 saturated carbocycles. The lowest BCUT2D eigenvalue weighted by Gasteiger charge is -2.19. The van der Waals surface area contributed by atoms with E-state index in [-0.39, 0.29) is 17.6 Å². The molecule has 0 spiro atoms. The molecule has 2 rings (SSSR count). The molecule has 2 atom stereocenters. The van der Waals surface area contributed by atoms with E-state index in [2.05, 4.69) is 0 Å². The van der Waals surface area contributed by atoms with Crippen LogP contribution in [0, 0.1) is 5.92 Å². The van der Waals surface area contributed by atoms with Crippen LogP contribution >= 0.6 is 0 Å². The molecule has 0 aliphatic carbocycles. The zero-order valence-corrected chi connectivity index (χ0v) is 12.7. The van der Waals surface area contributed by atoms with Crippen LogP contribution in [0.1, 0.15) is 35.2 Å². The molecule has 0 fully saturated rings. The maximum absolute atomic E-state index is 12.1. The van der Waals surface area contributed by atoms with Crippen molar-refractivity contribution in [3.63, 3.8) is 0 Å². The van der Waals surface area contributed by atoms with Gasteiger partial charge in [-0.25, -0.2) is 0 Å². The highest BCUT2D eigenvalue weighted by Crippen LogP contribution is 2.28. The Balaban J connectivity index is 2.11. The standard InChI is InChI=1S/C20H20O2/c1-16(12-13-20(22)18-10-6-3-7-11-18)19(14-15-21)17-8-4-2-5-9-17/h2-13,15-16,19H,14H2,1H3/b13-12+/t16-,19+/m0/s1. The number of ketones is 1. The Bertz CT molecular complexity index is 629. The van der Waals surface area contributed by atoms with Gasteiger partial charge >= 0.3 is 0 Å². The van der Waals surface area contributed by atoms with Gasteiger partial charge in [0.25, 0.3) is 0 Å². The molecule has 2 aromatic carbocycles. The normalized spacial score (nSPS) is 13.7. The molecular weight excluding hydrogens is 272 g/mol. The molecule has 0 radical (unpaired) electrons. The van der Waals surface area contributed by atoms with Gasteiger partial charge in [-0.2, -0.15) is 0 Å². The summed E-state index contributed by atoms with van der Waals surface area (Å²) in [6, 6.07) is 19.1. The van der Waals surface area contributed by atoms with Gasteiger partial charge in [0.15, 0.2) is 5.78 Å². The number of benzene rings is 2. The lowest BCUT2D eigenvalue weighted by atomic mass is 9.84. The molecule has 0 aromatic heterocycles. The number of aldehydes is 1. The first-order valence-corrected chi connectivity index (χ1v) is 7.48. The van der Waals surface area contributed by atoms with E-state index in [4.69, 9.17) is 0 Å². The van der Waals surface area contributed by atoms with Gasteiger partial charge in [-0.3, -0.25) is 4.79 Å². The second kappa shape index (κ2) is 8.08. The Morgan fingerprint density at radius 3 is 2.18 bits per heavy atom. The minimum Gasteiger partial charge on any atom is -0.303 e. The average molecular weight is 292 g/mol. The highest BCUT2D eigenvalue weighted by atomic mass is 16.1.